The highest BCUT2D eigenvalue weighted by atomic mass is 28.4. The largest absolute Gasteiger partial charge is 0.518 e. The SMILES string of the molecule is CCO[Si](CC(C)C(=O)O[Si](C(C)C)(C(C)C)C(C)C)(OCC)OCC. The first-order valence-electron chi connectivity index (χ1n) is 10.2. The fraction of sp³-hybridized carbons (Fsp3) is 0.947. The molecule has 0 radical (unpaired) electrons. The molecule has 5 nitrogen and oxygen atoms in total. The highest BCUT2D eigenvalue weighted by molar-refractivity contribution is 6.79. The van der Waals surface area contributed by atoms with Gasteiger partial charge in [0.05, 0.1) is 5.92 Å². The fourth-order valence-corrected chi connectivity index (χ4v) is 12.1. The lowest BCUT2D eigenvalue weighted by Crippen LogP contribution is -2.52. The lowest BCUT2D eigenvalue weighted by Gasteiger charge is -2.42. The van der Waals surface area contributed by atoms with E-state index in [1.807, 2.05) is 27.7 Å². The van der Waals surface area contributed by atoms with Gasteiger partial charge in [-0.2, -0.15) is 0 Å². The molecule has 1 unspecified atom stereocenters. The molecule has 0 N–H and O–H groups in total. The van der Waals surface area contributed by atoms with Crippen molar-refractivity contribution in [3.05, 3.63) is 0 Å². The first-order valence-corrected chi connectivity index (χ1v) is 14.2. The zero-order valence-electron chi connectivity index (χ0n) is 18.7. The molecule has 26 heavy (non-hydrogen) atoms. The summed E-state index contributed by atoms with van der Waals surface area (Å²) < 4.78 is 24.0. The molecule has 0 saturated carbocycles. The average Bonchev–Trinajstić information content (AvgIpc) is 2.51. The molecule has 0 rings (SSSR count). The minimum atomic E-state index is -2.86. The molecule has 0 bridgehead atoms. The molecule has 0 spiro atoms. The van der Waals surface area contributed by atoms with Crippen LogP contribution in [0.15, 0.2) is 0 Å². The normalized spacial score (nSPS) is 14.3. The van der Waals surface area contributed by atoms with Crippen LogP contribution in [-0.4, -0.2) is 42.9 Å². The van der Waals surface area contributed by atoms with Gasteiger partial charge in [0.15, 0.2) is 0 Å². The van der Waals surface area contributed by atoms with Gasteiger partial charge in [0.2, 0.25) is 0 Å². The van der Waals surface area contributed by atoms with E-state index < -0.39 is 17.1 Å². The number of carbonyl (C=O) groups is 1. The summed E-state index contributed by atoms with van der Waals surface area (Å²) in [5, 5.41) is 0. The molecule has 0 aromatic carbocycles. The summed E-state index contributed by atoms with van der Waals surface area (Å²) in [4.78, 5) is 13.0. The Bertz CT molecular complexity index is 374. The van der Waals surface area contributed by atoms with E-state index in [1.165, 1.54) is 0 Å². The van der Waals surface area contributed by atoms with Gasteiger partial charge in [0, 0.05) is 25.9 Å². The molecule has 1 atom stereocenters. The van der Waals surface area contributed by atoms with Gasteiger partial charge in [-0.1, -0.05) is 48.5 Å². The Morgan fingerprint density at radius 2 is 1.08 bits per heavy atom. The zero-order valence-corrected chi connectivity index (χ0v) is 20.7. The van der Waals surface area contributed by atoms with Gasteiger partial charge in [0.1, 0.15) is 0 Å². The van der Waals surface area contributed by atoms with E-state index in [1.54, 1.807) is 0 Å². The molecular formula is C19H42O5Si2. The number of carbonyl (C=O) groups excluding carboxylic acids is 1. The van der Waals surface area contributed by atoms with Gasteiger partial charge in [-0.05, 0) is 37.4 Å². The molecule has 0 saturated heterocycles. The molecule has 0 aromatic rings. The quantitative estimate of drug-likeness (QED) is 0.384. The van der Waals surface area contributed by atoms with E-state index in [2.05, 4.69) is 41.5 Å². The minimum absolute atomic E-state index is 0.135. The Morgan fingerprint density at radius 1 is 0.731 bits per heavy atom. The van der Waals surface area contributed by atoms with E-state index in [0.29, 0.717) is 42.5 Å². The molecule has 0 aliphatic heterocycles. The highest BCUT2D eigenvalue weighted by Crippen LogP contribution is 2.43. The number of hydrogen-bond donors (Lipinski definition) is 0. The van der Waals surface area contributed by atoms with Crippen LogP contribution in [0.5, 0.6) is 0 Å². The van der Waals surface area contributed by atoms with Crippen molar-refractivity contribution >= 4 is 23.1 Å². The second kappa shape index (κ2) is 11.6. The van der Waals surface area contributed by atoms with Crippen LogP contribution in [0.2, 0.25) is 22.7 Å². The summed E-state index contributed by atoms with van der Waals surface area (Å²) in [5.74, 6) is -0.446. The summed E-state index contributed by atoms with van der Waals surface area (Å²) in [6.45, 7) is 22.3. The molecular weight excluding hydrogens is 364 g/mol. The predicted molar refractivity (Wildman–Crippen MR) is 112 cm³/mol. The van der Waals surface area contributed by atoms with Crippen molar-refractivity contribution in [1.82, 2.24) is 0 Å². The molecule has 0 aromatic heterocycles. The molecule has 7 heteroatoms. The van der Waals surface area contributed by atoms with Gasteiger partial charge in [0.25, 0.3) is 14.3 Å². The third-order valence-corrected chi connectivity index (χ3v) is 14.3. The van der Waals surface area contributed by atoms with Crippen molar-refractivity contribution in [3.63, 3.8) is 0 Å². The van der Waals surface area contributed by atoms with E-state index in [4.69, 9.17) is 17.7 Å². The topological polar surface area (TPSA) is 54.0 Å². The maximum Gasteiger partial charge on any atom is 0.501 e. The Hall–Kier alpha value is -0.216. The Balaban J connectivity index is 5.44. The van der Waals surface area contributed by atoms with Crippen molar-refractivity contribution in [1.29, 1.82) is 0 Å². The predicted octanol–water partition coefficient (Wildman–Crippen LogP) is 5.39. The summed E-state index contributed by atoms with van der Waals surface area (Å²) in [6.07, 6.45) is 0. The molecule has 156 valence electrons. The summed E-state index contributed by atoms with van der Waals surface area (Å²) in [6, 6.07) is 0.458. The van der Waals surface area contributed by atoms with Crippen molar-refractivity contribution in [2.45, 2.75) is 91.9 Å². The highest BCUT2D eigenvalue weighted by Gasteiger charge is 2.50. The van der Waals surface area contributed by atoms with Crippen LogP contribution in [0.4, 0.5) is 0 Å². The van der Waals surface area contributed by atoms with Crippen molar-refractivity contribution < 1.29 is 22.5 Å². The summed E-state index contributed by atoms with van der Waals surface area (Å²) in [5.41, 5.74) is 1.10. The molecule has 0 heterocycles. The lowest BCUT2D eigenvalue weighted by molar-refractivity contribution is -0.139. The molecule has 0 aliphatic carbocycles. The second-order valence-corrected chi connectivity index (χ2v) is 15.8. The number of rotatable bonds is 13. The smallest absolute Gasteiger partial charge is 0.501 e. The first kappa shape index (κ1) is 25.8. The molecule has 0 fully saturated rings. The fourth-order valence-electron chi connectivity index (χ4n) is 4.05. The molecule has 0 amide bonds. The van der Waals surface area contributed by atoms with Crippen LogP contribution in [0, 0.1) is 5.92 Å². The van der Waals surface area contributed by atoms with Gasteiger partial charge in [-0.15, -0.1) is 0 Å². The first-order chi connectivity index (χ1) is 12.0. The molecule has 0 aliphatic rings. The van der Waals surface area contributed by atoms with Crippen molar-refractivity contribution in [2.24, 2.45) is 5.92 Å². The zero-order chi connectivity index (χ0) is 20.5. The third-order valence-electron chi connectivity index (χ3n) is 5.04. The van der Waals surface area contributed by atoms with Gasteiger partial charge in [-0.3, -0.25) is 4.79 Å². The Labute approximate surface area is 163 Å². The maximum atomic E-state index is 13.0. The van der Waals surface area contributed by atoms with Crippen LogP contribution in [0.25, 0.3) is 0 Å². The van der Waals surface area contributed by atoms with E-state index in [0.717, 1.165) is 0 Å². The van der Waals surface area contributed by atoms with Crippen LogP contribution in [0.3, 0.4) is 0 Å². The third kappa shape index (κ3) is 6.44. The van der Waals surface area contributed by atoms with Crippen LogP contribution >= 0.6 is 0 Å². The van der Waals surface area contributed by atoms with Gasteiger partial charge >= 0.3 is 8.80 Å². The van der Waals surface area contributed by atoms with Gasteiger partial charge < -0.3 is 17.7 Å². The number of hydrogen-bond acceptors (Lipinski definition) is 5. The Kier molecular flexibility index (Phi) is 11.5. The second-order valence-electron chi connectivity index (χ2n) is 7.83. The van der Waals surface area contributed by atoms with E-state index in [-0.39, 0.29) is 11.9 Å². The lowest BCUT2D eigenvalue weighted by atomic mass is 10.2. The summed E-state index contributed by atoms with van der Waals surface area (Å²) in [7, 11) is -5.10. The summed E-state index contributed by atoms with van der Waals surface area (Å²) >= 11 is 0. The van der Waals surface area contributed by atoms with Crippen molar-refractivity contribution in [3.8, 4) is 0 Å². The average molecular weight is 407 g/mol. The van der Waals surface area contributed by atoms with Crippen LogP contribution in [0.1, 0.15) is 69.2 Å². The standard InChI is InChI=1S/C19H42O5Si2/c1-11-21-25(22-12-2,23-13-3)14-18(10)19(20)24-26(15(4)5,16(6)7)17(8)9/h15-18H,11-14H2,1-10H3. The van der Waals surface area contributed by atoms with Crippen molar-refractivity contribution in [2.75, 3.05) is 19.8 Å². The van der Waals surface area contributed by atoms with Gasteiger partial charge in [-0.25, -0.2) is 0 Å². The van der Waals surface area contributed by atoms with Crippen LogP contribution in [-0.2, 0) is 22.5 Å². The maximum absolute atomic E-state index is 13.0. The minimum Gasteiger partial charge on any atom is -0.518 e. The van der Waals surface area contributed by atoms with E-state index in [9.17, 15) is 4.79 Å². The van der Waals surface area contributed by atoms with Crippen LogP contribution < -0.4 is 0 Å². The van der Waals surface area contributed by atoms with E-state index >= 15 is 0 Å². The Morgan fingerprint density at radius 3 is 1.35 bits per heavy atom. The monoisotopic (exact) mass is 406 g/mol.